The molecule has 0 N–H and O–H groups in total. The Morgan fingerprint density at radius 2 is 1.38 bits per heavy atom. The molecule has 2 aromatic carbocycles. The van der Waals surface area contributed by atoms with Crippen molar-refractivity contribution in [1.82, 2.24) is 0 Å². The molecule has 0 saturated heterocycles. The second kappa shape index (κ2) is 8.11. The fourth-order valence-corrected chi connectivity index (χ4v) is 2.45. The molecule has 1 atom stereocenters. The Morgan fingerprint density at radius 3 is 1.92 bits per heavy atom. The zero-order valence-electron chi connectivity index (χ0n) is 13.4. The van der Waals surface area contributed by atoms with Crippen molar-refractivity contribution < 1.29 is 19.2 Å². The first-order chi connectivity index (χ1) is 11.6. The average molecular weight is 322 g/mol. The van der Waals surface area contributed by atoms with Gasteiger partial charge in [-0.05, 0) is 12.0 Å². The van der Waals surface area contributed by atoms with Gasteiger partial charge in [-0.1, -0.05) is 67.6 Å². The highest BCUT2D eigenvalue weighted by atomic mass is 16.2. The number of rotatable bonds is 8. The van der Waals surface area contributed by atoms with E-state index in [0.29, 0.717) is 17.5 Å². The van der Waals surface area contributed by atoms with E-state index < -0.39 is 29.1 Å². The van der Waals surface area contributed by atoms with Crippen molar-refractivity contribution in [2.45, 2.75) is 25.7 Å². The largest absolute Gasteiger partial charge is 0.293 e. The first kappa shape index (κ1) is 17.5. The summed E-state index contributed by atoms with van der Waals surface area (Å²) in [7, 11) is 0. The lowest BCUT2D eigenvalue weighted by atomic mass is 9.84. The third-order valence-corrected chi connectivity index (χ3v) is 3.67. The van der Waals surface area contributed by atoms with Gasteiger partial charge in [0.15, 0.2) is 5.78 Å². The van der Waals surface area contributed by atoms with E-state index in [1.165, 1.54) is 0 Å². The van der Waals surface area contributed by atoms with E-state index in [1.807, 2.05) is 0 Å². The molecule has 0 aliphatic heterocycles. The second-order valence-corrected chi connectivity index (χ2v) is 5.44. The van der Waals surface area contributed by atoms with Crippen LogP contribution >= 0.6 is 0 Å². The molecular formula is C20H18O4. The SMILES string of the molecule is CCCC(=O)C(=O)C(=O)C(C(=O)c1ccccc1)c1ccccc1. The van der Waals surface area contributed by atoms with E-state index >= 15 is 0 Å². The fraction of sp³-hybridized carbons (Fsp3) is 0.200. The van der Waals surface area contributed by atoms with E-state index in [2.05, 4.69) is 0 Å². The average Bonchev–Trinajstić information content (AvgIpc) is 2.63. The molecule has 0 aliphatic rings. The summed E-state index contributed by atoms with van der Waals surface area (Å²) in [6.45, 7) is 1.75. The van der Waals surface area contributed by atoms with Gasteiger partial charge in [0.1, 0.15) is 5.92 Å². The molecule has 0 bridgehead atoms. The lowest BCUT2D eigenvalue weighted by molar-refractivity contribution is -0.144. The summed E-state index contributed by atoms with van der Waals surface area (Å²) in [5.74, 6) is -4.58. The summed E-state index contributed by atoms with van der Waals surface area (Å²) in [6, 6.07) is 16.6. The number of carbonyl (C=O) groups excluding carboxylic acids is 4. The number of benzene rings is 2. The normalized spacial score (nSPS) is 11.5. The number of hydrogen-bond donors (Lipinski definition) is 0. The van der Waals surface area contributed by atoms with E-state index in [9.17, 15) is 19.2 Å². The Balaban J connectivity index is 2.41. The number of ketones is 4. The van der Waals surface area contributed by atoms with Crippen LogP contribution in [-0.2, 0) is 14.4 Å². The summed E-state index contributed by atoms with van der Waals surface area (Å²) < 4.78 is 0. The lowest BCUT2D eigenvalue weighted by Crippen LogP contribution is -2.33. The standard InChI is InChI=1S/C20H18O4/c1-2-9-16(21)19(23)20(24)17(14-10-5-3-6-11-14)18(22)15-12-7-4-8-13-15/h3-8,10-13,17H,2,9H2,1H3. The van der Waals surface area contributed by atoms with Crippen molar-refractivity contribution in [3.63, 3.8) is 0 Å². The molecule has 2 rings (SSSR count). The molecule has 4 heteroatoms. The van der Waals surface area contributed by atoms with Crippen LogP contribution in [-0.4, -0.2) is 23.1 Å². The predicted molar refractivity (Wildman–Crippen MR) is 89.9 cm³/mol. The topological polar surface area (TPSA) is 68.3 Å². The number of carbonyl (C=O) groups is 4. The summed E-state index contributed by atoms with van der Waals surface area (Å²) in [6.07, 6.45) is 0.478. The molecule has 0 saturated carbocycles. The van der Waals surface area contributed by atoms with Crippen molar-refractivity contribution in [3.8, 4) is 0 Å². The minimum atomic E-state index is -1.29. The van der Waals surface area contributed by atoms with Gasteiger partial charge >= 0.3 is 0 Å². The van der Waals surface area contributed by atoms with Crippen LogP contribution in [0.4, 0.5) is 0 Å². The molecular weight excluding hydrogens is 304 g/mol. The van der Waals surface area contributed by atoms with Crippen LogP contribution in [0.15, 0.2) is 60.7 Å². The minimum absolute atomic E-state index is 0.00557. The molecule has 2 aromatic rings. The Kier molecular flexibility index (Phi) is 5.90. The van der Waals surface area contributed by atoms with E-state index in [-0.39, 0.29) is 6.42 Å². The third-order valence-electron chi connectivity index (χ3n) is 3.67. The highest BCUT2D eigenvalue weighted by Crippen LogP contribution is 2.23. The van der Waals surface area contributed by atoms with Gasteiger partial charge in [-0.15, -0.1) is 0 Å². The Bertz CT molecular complexity index is 748. The predicted octanol–water partition coefficient (Wildman–Crippen LogP) is 3.16. The van der Waals surface area contributed by atoms with Gasteiger partial charge in [-0.2, -0.15) is 0 Å². The summed E-state index contributed by atoms with van der Waals surface area (Å²) in [5.41, 5.74) is 0.740. The van der Waals surface area contributed by atoms with E-state index in [4.69, 9.17) is 0 Å². The summed E-state index contributed by atoms with van der Waals surface area (Å²) >= 11 is 0. The number of Topliss-reactive ketones (excluding diaryl/α,β-unsaturated/α-hetero) is 4. The third kappa shape index (κ3) is 3.90. The molecule has 0 heterocycles. The van der Waals surface area contributed by atoms with Gasteiger partial charge in [0.2, 0.25) is 11.6 Å². The quantitative estimate of drug-likeness (QED) is 0.425. The molecule has 4 nitrogen and oxygen atoms in total. The maximum Gasteiger partial charge on any atom is 0.265 e. The first-order valence-corrected chi connectivity index (χ1v) is 7.81. The fourth-order valence-electron chi connectivity index (χ4n) is 2.45. The van der Waals surface area contributed by atoms with Crippen LogP contribution in [0.5, 0.6) is 0 Å². The molecule has 1 unspecified atom stereocenters. The Labute approximate surface area is 140 Å². The molecule has 24 heavy (non-hydrogen) atoms. The van der Waals surface area contributed by atoms with Crippen molar-refractivity contribution in [1.29, 1.82) is 0 Å². The van der Waals surface area contributed by atoms with Crippen LogP contribution in [0.3, 0.4) is 0 Å². The molecule has 0 aromatic heterocycles. The van der Waals surface area contributed by atoms with Crippen LogP contribution < -0.4 is 0 Å². The highest BCUT2D eigenvalue weighted by molar-refractivity contribution is 6.66. The zero-order chi connectivity index (χ0) is 17.5. The van der Waals surface area contributed by atoms with Crippen molar-refractivity contribution in [2.24, 2.45) is 0 Å². The highest BCUT2D eigenvalue weighted by Gasteiger charge is 2.35. The first-order valence-electron chi connectivity index (χ1n) is 7.81. The van der Waals surface area contributed by atoms with Crippen LogP contribution in [0.25, 0.3) is 0 Å². The molecule has 0 aliphatic carbocycles. The van der Waals surface area contributed by atoms with Crippen LogP contribution in [0.1, 0.15) is 41.6 Å². The maximum absolute atomic E-state index is 12.8. The smallest absolute Gasteiger partial charge is 0.265 e. The monoisotopic (exact) mass is 322 g/mol. The van der Waals surface area contributed by atoms with Gasteiger partial charge in [-0.3, -0.25) is 19.2 Å². The van der Waals surface area contributed by atoms with Gasteiger partial charge in [0, 0.05) is 12.0 Å². The number of hydrogen-bond acceptors (Lipinski definition) is 4. The maximum atomic E-state index is 12.8. The molecule has 0 amide bonds. The summed E-state index contributed by atoms with van der Waals surface area (Å²) in [5, 5.41) is 0. The van der Waals surface area contributed by atoms with Gasteiger partial charge in [-0.25, -0.2) is 0 Å². The van der Waals surface area contributed by atoms with Crippen LogP contribution in [0.2, 0.25) is 0 Å². The Morgan fingerprint density at radius 1 is 0.833 bits per heavy atom. The Hall–Kier alpha value is -2.88. The van der Waals surface area contributed by atoms with Crippen LogP contribution in [0, 0.1) is 0 Å². The zero-order valence-corrected chi connectivity index (χ0v) is 13.4. The van der Waals surface area contributed by atoms with Crippen molar-refractivity contribution >= 4 is 23.1 Å². The van der Waals surface area contributed by atoms with Gasteiger partial charge in [0.25, 0.3) is 5.78 Å². The summed E-state index contributed by atoms with van der Waals surface area (Å²) in [4.78, 5) is 49.3. The molecule has 0 fully saturated rings. The molecule has 0 spiro atoms. The second-order valence-electron chi connectivity index (χ2n) is 5.44. The minimum Gasteiger partial charge on any atom is -0.293 e. The lowest BCUT2D eigenvalue weighted by Gasteiger charge is -2.14. The van der Waals surface area contributed by atoms with Gasteiger partial charge < -0.3 is 0 Å². The van der Waals surface area contributed by atoms with E-state index in [1.54, 1.807) is 67.6 Å². The van der Waals surface area contributed by atoms with Crippen molar-refractivity contribution in [2.75, 3.05) is 0 Å². The van der Waals surface area contributed by atoms with Crippen molar-refractivity contribution in [3.05, 3.63) is 71.8 Å². The molecule has 0 radical (unpaired) electrons. The molecule has 122 valence electrons. The van der Waals surface area contributed by atoms with E-state index in [0.717, 1.165) is 0 Å². The van der Waals surface area contributed by atoms with Gasteiger partial charge in [0.05, 0.1) is 0 Å².